The lowest BCUT2D eigenvalue weighted by Gasteiger charge is -2.33. The van der Waals surface area contributed by atoms with E-state index in [0.29, 0.717) is 6.54 Å². The summed E-state index contributed by atoms with van der Waals surface area (Å²) >= 11 is 0. The van der Waals surface area contributed by atoms with E-state index < -0.39 is 12.7 Å². The Bertz CT molecular complexity index is 274. The number of halogens is 3. The second kappa shape index (κ2) is 5.37. The van der Waals surface area contributed by atoms with Gasteiger partial charge in [-0.1, -0.05) is 13.8 Å². The van der Waals surface area contributed by atoms with Crippen molar-refractivity contribution >= 4 is 0 Å². The molecule has 1 fully saturated rings. The highest BCUT2D eigenvalue weighted by Crippen LogP contribution is 2.40. The van der Waals surface area contributed by atoms with E-state index in [1.807, 2.05) is 0 Å². The standard InChI is InChI=1S/C13H25F3N2/c1-9(2)18(8-13(14,15)16)7-10-5-6-12(3,4)11(10)17/h9-11H,5-8,17H2,1-4H3. The Morgan fingerprint density at radius 1 is 1.33 bits per heavy atom. The van der Waals surface area contributed by atoms with Crippen molar-refractivity contribution in [1.82, 2.24) is 4.90 Å². The van der Waals surface area contributed by atoms with Gasteiger partial charge < -0.3 is 5.73 Å². The lowest BCUT2D eigenvalue weighted by molar-refractivity contribution is -0.151. The number of nitrogens with zero attached hydrogens (tertiary/aromatic N) is 1. The molecule has 0 radical (unpaired) electrons. The van der Waals surface area contributed by atoms with Gasteiger partial charge >= 0.3 is 6.18 Å². The molecule has 1 aliphatic rings. The molecule has 0 spiro atoms. The number of hydrogen-bond donors (Lipinski definition) is 1. The van der Waals surface area contributed by atoms with Crippen molar-refractivity contribution in [2.45, 2.75) is 58.8 Å². The Morgan fingerprint density at radius 2 is 1.89 bits per heavy atom. The number of nitrogens with two attached hydrogens (primary N) is 1. The SMILES string of the molecule is CC(C)N(CC1CCC(C)(C)C1N)CC(F)(F)F. The van der Waals surface area contributed by atoms with E-state index >= 15 is 0 Å². The summed E-state index contributed by atoms with van der Waals surface area (Å²) < 4.78 is 37.5. The van der Waals surface area contributed by atoms with E-state index in [-0.39, 0.29) is 23.4 Å². The largest absolute Gasteiger partial charge is 0.401 e. The fourth-order valence-corrected chi connectivity index (χ4v) is 2.74. The van der Waals surface area contributed by atoms with Crippen LogP contribution in [0.4, 0.5) is 13.2 Å². The third-order valence-corrected chi connectivity index (χ3v) is 4.15. The highest BCUT2D eigenvalue weighted by atomic mass is 19.4. The first-order valence-electron chi connectivity index (χ1n) is 6.59. The van der Waals surface area contributed by atoms with Crippen LogP contribution in [0.2, 0.25) is 0 Å². The summed E-state index contributed by atoms with van der Waals surface area (Å²) in [5, 5.41) is 0. The zero-order chi connectivity index (χ0) is 14.1. The second-order valence-electron chi connectivity index (χ2n) is 6.45. The first kappa shape index (κ1) is 15.8. The quantitative estimate of drug-likeness (QED) is 0.847. The van der Waals surface area contributed by atoms with Gasteiger partial charge in [0.1, 0.15) is 0 Å². The van der Waals surface area contributed by atoms with E-state index in [1.54, 1.807) is 13.8 Å². The highest BCUT2D eigenvalue weighted by molar-refractivity contribution is 4.95. The normalized spacial score (nSPS) is 28.3. The molecule has 5 heteroatoms. The van der Waals surface area contributed by atoms with Crippen molar-refractivity contribution in [2.24, 2.45) is 17.1 Å². The summed E-state index contributed by atoms with van der Waals surface area (Å²) in [4.78, 5) is 1.49. The summed E-state index contributed by atoms with van der Waals surface area (Å²) in [5.41, 5.74) is 6.21. The van der Waals surface area contributed by atoms with Crippen molar-refractivity contribution in [1.29, 1.82) is 0 Å². The van der Waals surface area contributed by atoms with E-state index in [2.05, 4.69) is 13.8 Å². The van der Waals surface area contributed by atoms with Crippen molar-refractivity contribution in [3.8, 4) is 0 Å². The van der Waals surface area contributed by atoms with E-state index in [1.165, 1.54) is 4.90 Å². The molecule has 0 amide bonds. The Hall–Kier alpha value is -0.290. The molecule has 108 valence electrons. The van der Waals surface area contributed by atoms with Crippen LogP contribution < -0.4 is 5.73 Å². The van der Waals surface area contributed by atoms with Crippen LogP contribution in [0.3, 0.4) is 0 Å². The molecule has 0 aromatic rings. The molecule has 0 aromatic heterocycles. The minimum Gasteiger partial charge on any atom is -0.327 e. The molecular formula is C13H25F3N2. The molecule has 2 atom stereocenters. The third kappa shape index (κ3) is 4.12. The minimum absolute atomic E-state index is 0.00742. The Balaban J connectivity index is 2.63. The van der Waals surface area contributed by atoms with E-state index in [4.69, 9.17) is 5.73 Å². The molecule has 2 unspecified atom stereocenters. The average Bonchev–Trinajstić information content (AvgIpc) is 2.42. The maximum atomic E-state index is 12.5. The minimum atomic E-state index is -4.14. The fraction of sp³-hybridized carbons (Fsp3) is 1.00. The van der Waals surface area contributed by atoms with Crippen LogP contribution in [0.25, 0.3) is 0 Å². The van der Waals surface area contributed by atoms with Gasteiger partial charge in [0.05, 0.1) is 6.54 Å². The fourth-order valence-electron chi connectivity index (χ4n) is 2.74. The Labute approximate surface area is 108 Å². The van der Waals surface area contributed by atoms with Gasteiger partial charge in [-0.25, -0.2) is 0 Å². The average molecular weight is 266 g/mol. The highest BCUT2D eigenvalue weighted by Gasteiger charge is 2.41. The first-order chi connectivity index (χ1) is 8.03. The molecule has 1 aliphatic carbocycles. The van der Waals surface area contributed by atoms with Gasteiger partial charge in [0.25, 0.3) is 0 Å². The van der Waals surface area contributed by atoms with Crippen molar-refractivity contribution in [2.75, 3.05) is 13.1 Å². The summed E-state index contributed by atoms with van der Waals surface area (Å²) in [7, 11) is 0. The van der Waals surface area contributed by atoms with Crippen LogP contribution in [-0.4, -0.2) is 36.2 Å². The zero-order valence-electron chi connectivity index (χ0n) is 11.7. The van der Waals surface area contributed by atoms with Gasteiger partial charge in [-0.3, -0.25) is 4.90 Å². The lowest BCUT2D eigenvalue weighted by Crippen LogP contribution is -2.46. The Kier molecular flexibility index (Phi) is 4.70. The number of hydrogen-bond acceptors (Lipinski definition) is 2. The number of alkyl halides is 3. The molecule has 0 bridgehead atoms. The molecule has 0 aliphatic heterocycles. The monoisotopic (exact) mass is 266 g/mol. The van der Waals surface area contributed by atoms with Gasteiger partial charge in [0.15, 0.2) is 0 Å². The first-order valence-corrected chi connectivity index (χ1v) is 6.59. The van der Waals surface area contributed by atoms with Crippen LogP contribution >= 0.6 is 0 Å². The molecule has 1 rings (SSSR count). The number of rotatable bonds is 4. The van der Waals surface area contributed by atoms with Gasteiger partial charge in [-0.15, -0.1) is 0 Å². The van der Waals surface area contributed by atoms with Crippen LogP contribution in [0.1, 0.15) is 40.5 Å². The third-order valence-electron chi connectivity index (χ3n) is 4.15. The Morgan fingerprint density at radius 3 is 2.22 bits per heavy atom. The molecular weight excluding hydrogens is 241 g/mol. The van der Waals surface area contributed by atoms with Gasteiger partial charge in [0.2, 0.25) is 0 Å². The molecule has 1 saturated carbocycles. The smallest absolute Gasteiger partial charge is 0.327 e. The van der Waals surface area contributed by atoms with Crippen molar-refractivity contribution < 1.29 is 13.2 Å². The zero-order valence-corrected chi connectivity index (χ0v) is 11.7. The maximum absolute atomic E-state index is 12.5. The summed E-state index contributed by atoms with van der Waals surface area (Å²) in [6, 6.07) is -0.116. The van der Waals surface area contributed by atoms with Crippen molar-refractivity contribution in [3.63, 3.8) is 0 Å². The van der Waals surface area contributed by atoms with Gasteiger partial charge in [0, 0.05) is 18.6 Å². The molecule has 2 N–H and O–H groups in total. The molecule has 18 heavy (non-hydrogen) atoms. The predicted octanol–water partition coefficient (Wildman–Crippen LogP) is 3.02. The predicted molar refractivity (Wildman–Crippen MR) is 67.2 cm³/mol. The summed E-state index contributed by atoms with van der Waals surface area (Å²) in [6.07, 6.45) is -2.21. The topological polar surface area (TPSA) is 29.3 Å². The van der Waals surface area contributed by atoms with Crippen LogP contribution in [0.15, 0.2) is 0 Å². The molecule has 0 aromatic carbocycles. The van der Waals surface area contributed by atoms with E-state index in [0.717, 1.165) is 12.8 Å². The van der Waals surface area contributed by atoms with Crippen molar-refractivity contribution in [3.05, 3.63) is 0 Å². The molecule has 2 nitrogen and oxygen atoms in total. The maximum Gasteiger partial charge on any atom is 0.401 e. The van der Waals surface area contributed by atoms with Crippen LogP contribution in [-0.2, 0) is 0 Å². The lowest BCUT2D eigenvalue weighted by atomic mass is 9.85. The van der Waals surface area contributed by atoms with Gasteiger partial charge in [-0.05, 0) is 38.0 Å². The molecule has 0 saturated heterocycles. The van der Waals surface area contributed by atoms with Crippen LogP contribution in [0, 0.1) is 11.3 Å². The van der Waals surface area contributed by atoms with Crippen LogP contribution in [0.5, 0.6) is 0 Å². The summed E-state index contributed by atoms with van der Waals surface area (Å²) in [6.45, 7) is 7.41. The summed E-state index contributed by atoms with van der Waals surface area (Å²) in [5.74, 6) is 0.171. The van der Waals surface area contributed by atoms with Gasteiger partial charge in [-0.2, -0.15) is 13.2 Å². The molecule has 0 heterocycles. The van der Waals surface area contributed by atoms with E-state index in [9.17, 15) is 13.2 Å². The second-order valence-corrected chi connectivity index (χ2v) is 6.45.